The predicted molar refractivity (Wildman–Crippen MR) is 80.4 cm³/mol. The minimum Gasteiger partial charge on any atom is -0.295 e. The SMILES string of the molecule is C[Si](C)(C)C1CCC(=O)C(=Cc2ccccc2)C1. The van der Waals surface area contributed by atoms with Gasteiger partial charge >= 0.3 is 0 Å². The molecule has 18 heavy (non-hydrogen) atoms. The lowest BCUT2D eigenvalue weighted by Gasteiger charge is -2.33. The molecule has 1 aliphatic rings. The highest BCUT2D eigenvalue weighted by atomic mass is 28.3. The van der Waals surface area contributed by atoms with Gasteiger partial charge in [0.25, 0.3) is 0 Å². The molecule has 1 unspecified atom stereocenters. The van der Waals surface area contributed by atoms with Crippen LogP contribution in [0.4, 0.5) is 0 Å². The van der Waals surface area contributed by atoms with Crippen molar-refractivity contribution in [1.29, 1.82) is 0 Å². The number of Topliss-reactive ketones (excluding diaryl/α,β-unsaturated/α-hetero) is 1. The number of rotatable bonds is 2. The topological polar surface area (TPSA) is 17.1 Å². The molecule has 0 bridgehead atoms. The van der Waals surface area contributed by atoms with Crippen LogP contribution < -0.4 is 0 Å². The van der Waals surface area contributed by atoms with Crippen molar-refractivity contribution in [2.75, 3.05) is 0 Å². The molecule has 1 fully saturated rings. The molecule has 96 valence electrons. The maximum atomic E-state index is 12.0. The van der Waals surface area contributed by atoms with Gasteiger partial charge in [-0.3, -0.25) is 4.79 Å². The summed E-state index contributed by atoms with van der Waals surface area (Å²) in [5.74, 6) is 0.355. The number of hydrogen-bond acceptors (Lipinski definition) is 1. The van der Waals surface area contributed by atoms with Crippen LogP contribution in [0.3, 0.4) is 0 Å². The Bertz CT molecular complexity index is 454. The Morgan fingerprint density at radius 3 is 2.44 bits per heavy atom. The molecule has 1 saturated carbocycles. The highest BCUT2D eigenvalue weighted by Gasteiger charge is 2.32. The lowest BCUT2D eigenvalue weighted by atomic mass is 9.91. The van der Waals surface area contributed by atoms with Gasteiger partial charge in [0.05, 0.1) is 0 Å². The average molecular weight is 258 g/mol. The fourth-order valence-corrected chi connectivity index (χ4v) is 4.42. The molecule has 2 rings (SSSR count). The van der Waals surface area contributed by atoms with E-state index in [9.17, 15) is 4.79 Å². The Morgan fingerprint density at radius 1 is 1.17 bits per heavy atom. The third kappa shape index (κ3) is 3.20. The Hall–Kier alpha value is -1.15. The van der Waals surface area contributed by atoms with Crippen LogP contribution in [0, 0.1) is 0 Å². The van der Waals surface area contributed by atoms with Crippen LogP contribution in [-0.2, 0) is 4.79 Å². The summed E-state index contributed by atoms with van der Waals surface area (Å²) in [6.07, 6.45) is 4.92. The molecule has 2 heteroatoms. The van der Waals surface area contributed by atoms with Gasteiger partial charge in [-0.25, -0.2) is 0 Å². The van der Waals surface area contributed by atoms with E-state index in [0.29, 0.717) is 5.78 Å². The molecule has 0 heterocycles. The van der Waals surface area contributed by atoms with Crippen molar-refractivity contribution in [3.05, 3.63) is 41.5 Å². The third-order valence-electron chi connectivity index (χ3n) is 3.91. The number of carbonyl (C=O) groups excluding carboxylic acids is 1. The molecule has 1 aromatic rings. The van der Waals surface area contributed by atoms with E-state index in [4.69, 9.17) is 0 Å². The molecule has 0 aromatic heterocycles. The zero-order valence-electron chi connectivity index (χ0n) is 11.6. The van der Waals surface area contributed by atoms with Crippen LogP contribution in [0.15, 0.2) is 35.9 Å². The van der Waals surface area contributed by atoms with E-state index < -0.39 is 8.07 Å². The van der Waals surface area contributed by atoms with Crippen molar-refractivity contribution in [3.8, 4) is 0 Å². The first-order chi connectivity index (χ1) is 8.47. The van der Waals surface area contributed by atoms with Crippen molar-refractivity contribution in [3.63, 3.8) is 0 Å². The first-order valence-corrected chi connectivity index (χ1v) is 10.3. The number of ketones is 1. The molecule has 0 radical (unpaired) electrons. The normalized spacial score (nSPS) is 23.4. The molecule has 1 nitrogen and oxygen atoms in total. The van der Waals surface area contributed by atoms with Gasteiger partial charge in [0.1, 0.15) is 0 Å². The average Bonchev–Trinajstić information content (AvgIpc) is 2.32. The van der Waals surface area contributed by atoms with Crippen LogP contribution >= 0.6 is 0 Å². The fraction of sp³-hybridized carbons (Fsp3) is 0.438. The smallest absolute Gasteiger partial charge is 0.158 e. The molecule has 1 aromatic carbocycles. The first-order valence-electron chi connectivity index (χ1n) is 6.75. The van der Waals surface area contributed by atoms with Gasteiger partial charge in [0.2, 0.25) is 0 Å². The van der Waals surface area contributed by atoms with Crippen molar-refractivity contribution >= 4 is 19.9 Å². The fourth-order valence-electron chi connectivity index (χ4n) is 2.58. The van der Waals surface area contributed by atoms with Crippen LogP contribution in [-0.4, -0.2) is 13.9 Å². The van der Waals surface area contributed by atoms with Gasteiger partial charge in [-0.1, -0.05) is 50.0 Å². The maximum absolute atomic E-state index is 12.0. The summed E-state index contributed by atoms with van der Waals surface area (Å²) < 4.78 is 0. The first kappa shape index (κ1) is 13.3. The summed E-state index contributed by atoms with van der Waals surface area (Å²) in [5.41, 5.74) is 2.95. The Balaban J connectivity index is 2.21. The van der Waals surface area contributed by atoms with Crippen LogP contribution in [0.2, 0.25) is 25.2 Å². The zero-order valence-corrected chi connectivity index (χ0v) is 12.6. The molecular formula is C16H22OSi. The minimum atomic E-state index is -1.14. The summed E-state index contributed by atoms with van der Waals surface area (Å²) in [6, 6.07) is 10.2. The molecular weight excluding hydrogens is 236 g/mol. The van der Waals surface area contributed by atoms with Gasteiger partial charge in [-0.05, 0) is 35.6 Å². The van der Waals surface area contributed by atoms with Gasteiger partial charge in [-0.15, -0.1) is 0 Å². The summed E-state index contributed by atoms with van der Waals surface area (Å²) in [6.45, 7) is 7.23. The number of allylic oxidation sites excluding steroid dienone is 1. The van der Waals surface area contributed by atoms with E-state index in [1.165, 1.54) is 0 Å². The molecule has 0 aliphatic heterocycles. The Kier molecular flexibility index (Phi) is 3.86. The van der Waals surface area contributed by atoms with E-state index in [0.717, 1.165) is 35.9 Å². The molecule has 1 aliphatic carbocycles. The molecule has 1 atom stereocenters. The summed E-state index contributed by atoms with van der Waals surface area (Å²) >= 11 is 0. The molecule has 0 N–H and O–H groups in total. The van der Waals surface area contributed by atoms with E-state index in [-0.39, 0.29) is 0 Å². The number of hydrogen-bond donors (Lipinski definition) is 0. The predicted octanol–water partition coefficient (Wildman–Crippen LogP) is 4.53. The third-order valence-corrected chi connectivity index (χ3v) is 6.85. The quantitative estimate of drug-likeness (QED) is 0.562. The van der Waals surface area contributed by atoms with Crippen LogP contribution in [0.1, 0.15) is 24.8 Å². The standard InChI is InChI=1S/C16H22OSi/c1-18(2,3)15-9-10-16(17)14(12-15)11-13-7-5-4-6-8-13/h4-8,11,15H,9-10,12H2,1-3H3. The Labute approximate surface area is 111 Å². The summed E-state index contributed by atoms with van der Waals surface area (Å²) in [7, 11) is -1.14. The van der Waals surface area contributed by atoms with Crippen LogP contribution in [0.25, 0.3) is 6.08 Å². The number of benzene rings is 1. The lowest BCUT2D eigenvalue weighted by molar-refractivity contribution is -0.116. The second kappa shape index (κ2) is 5.23. The summed E-state index contributed by atoms with van der Waals surface area (Å²) in [5, 5.41) is 0. The molecule has 0 spiro atoms. The second-order valence-electron chi connectivity index (χ2n) is 6.31. The minimum absolute atomic E-state index is 0.355. The van der Waals surface area contributed by atoms with E-state index in [1.807, 2.05) is 18.2 Å². The van der Waals surface area contributed by atoms with Crippen LogP contribution in [0.5, 0.6) is 0 Å². The van der Waals surface area contributed by atoms with Crippen molar-refractivity contribution < 1.29 is 4.79 Å². The largest absolute Gasteiger partial charge is 0.295 e. The summed E-state index contributed by atoms with van der Waals surface area (Å²) in [4.78, 5) is 12.0. The van der Waals surface area contributed by atoms with Gasteiger partial charge < -0.3 is 0 Å². The van der Waals surface area contributed by atoms with E-state index >= 15 is 0 Å². The van der Waals surface area contributed by atoms with Crippen molar-refractivity contribution in [1.82, 2.24) is 0 Å². The van der Waals surface area contributed by atoms with Gasteiger partial charge in [-0.2, -0.15) is 0 Å². The van der Waals surface area contributed by atoms with Crippen molar-refractivity contribution in [2.24, 2.45) is 0 Å². The van der Waals surface area contributed by atoms with Gasteiger partial charge in [0.15, 0.2) is 5.78 Å². The zero-order chi connectivity index (χ0) is 13.2. The monoisotopic (exact) mass is 258 g/mol. The van der Waals surface area contributed by atoms with Gasteiger partial charge in [0, 0.05) is 14.5 Å². The number of carbonyl (C=O) groups is 1. The van der Waals surface area contributed by atoms with E-state index in [2.05, 4.69) is 37.8 Å². The molecule has 0 amide bonds. The lowest BCUT2D eigenvalue weighted by Crippen LogP contribution is -2.32. The second-order valence-corrected chi connectivity index (χ2v) is 11.9. The van der Waals surface area contributed by atoms with Crippen molar-refractivity contribution in [2.45, 2.75) is 44.4 Å². The van der Waals surface area contributed by atoms with E-state index in [1.54, 1.807) is 0 Å². The molecule has 0 saturated heterocycles. The Morgan fingerprint density at radius 2 is 1.83 bits per heavy atom. The highest BCUT2D eigenvalue weighted by Crippen LogP contribution is 2.38. The maximum Gasteiger partial charge on any atom is 0.158 e. The highest BCUT2D eigenvalue weighted by molar-refractivity contribution is 6.77.